The van der Waals surface area contributed by atoms with E-state index in [1.807, 2.05) is 30.3 Å². The minimum Gasteiger partial charge on any atom is -0.388 e. The first kappa shape index (κ1) is 16.2. The second kappa shape index (κ2) is 7.19. The topological polar surface area (TPSA) is 20.2 Å². The molecule has 0 aromatic heterocycles. The SMILES string of the molecule is CCC(C)C(c1ccccc1)C(O)c1cc(Br)ccc1F. The minimum atomic E-state index is -0.861. The van der Waals surface area contributed by atoms with Crippen LogP contribution in [-0.4, -0.2) is 5.11 Å². The van der Waals surface area contributed by atoms with Crippen LogP contribution in [0.15, 0.2) is 53.0 Å². The van der Waals surface area contributed by atoms with Crippen LogP contribution in [0, 0.1) is 11.7 Å². The van der Waals surface area contributed by atoms with E-state index in [4.69, 9.17) is 0 Å². The third-order valence-corrected chi connectivity index (χ3v) is 4.55. The number of aliphatic hydroxyl groups is 1. The Morgan fingerprint density at radius 2 is 1.81 bits per heavy atom. The molecule has 3 atom stereocenters. The Morgan fingerprint density at radius 3 is 2.43 bits per heavy atom. The molecule has 3 heteroatoms. The van der Waals surface area contributed by atoms with Crippen molar-refractivity contribution in [2.45, 2.75) is 32.3 Å². The second-order valence-corrected chi connectivity index (χ2v) is 6.35. The summed E-state index contributed by atoms with van der Waals surface area (Å²) < 4.78 is 14.9. The molecule has 0 radical (unpaired) electrons. The summed E-state index contributed by atoms with van der Waals surface area (Å²) in [7, 11) is 0. The monoisotopic (exact) mass is 350 g/mol. The van der Waals surface area contributed by atoms with Gasteiger partial charge in [-0.3, -0.25) is 0 Å². The second-order valence-electron chi connectivity index (χ2n) is 5.43. The van der Waals surface area contributed by atoms with Crippen molar-refractivity contribution < 1.29 is 9.50 Å². The summed E-state index contributed by atoms with van der Waals surface area (Å²) in [5, 5.41) is 10.8. The highest BCUT2D eigenvalue weighted by atomic mass is 79.9. The van der Waals surface area contributed by atoms with Gasteiger partial charge in [0.15, 0.2) is 0 Å². The van der Waals surface area contributed by atoms with Crippen LogP contribution in [0.3, 0.4) is 0 Å². The molecule has 0 aliphatic rings. The zero-order valence-corrected chi connectivity index (χ0v) is 13.8. The lowest BCUT2D eigenvalue weighted by atomic mass is 9.79. The van der Waals surface area contributed by atoms with Crippen molar-refractivity contribution in [1.29, 1.82) is 0 Å². The molecule has 3 unspecified atom stereocenters. The molecule has 0 heterocycles. The van der Waals surface area contributed by atoms with Crippen LogP contribution in [-0.2, 0) is 0 Å². The molecular formula is C18H20BrFO. The van der Waals surface area contributed by atoms with E-state index < -0.39 is 6.10 Å². The molecular weight excluding hydrogens is 331 g/mol. The van der Waals surface area contributed by atoms with Crippen molar-refractivity contribution in [2.75, 3.05) is 0 Å². The molecule has 2 aromatic rings. The van der Waals surface area contributed by atoms with E-state index in [0.717, 1.165) is 16.5 Å². The summed E-state index contributed by atoms with van der Waals surface area (Å²) in [6.07, 6.45) is 0.0616. The van der Waals surface area contributed by atoms with Crippen LogP contribution in [0.4, 0.5) is 4.39 Å². The Bertz CT molecular complexity index is 585. The van der Waals surface area contributed by atoms with Gasteiger partial charge in [0, 0.05) is 16.0 Å². The molecule has 112 valence electrons. The van der Waals surface area contributed by atoms with E-state index in [1.54, 1.807) is 12.1 Å². The highest BCUT2D eigenvalue weighted by Crippen LogP contribution is 2.39. The van der Waals surface area contributed by atoms with E-state index in [2.05, 4.69) is 29.8 Å². The van der Waals surface area contributed by atoms with Crippen molar-refractivity contribution in [3.05, 3.63) is 69.9 Å². The van der Waals surface area contributed by atoms with E-state index in [0.29, 0.717) is 5.56 Å². The Labute approximate surface area is 134 Å². The number of rotatable bonds is 5. The highest BCUT2D eigenvalue weighted by Gasteiger charge is 2.29. The van der Waals surface area contributed by atoms with Crippen molar-refractivity contribution in [3.63, 3.8) is 0 Å². The lowest BCUT2D eigenvalue weighted by Crippen LogP contribution is -2.19. The molecule has 0 saturated carbocycles. The van der Waals surface area contributed by atoms with Gasteiger partial charge in [-0.25, -0.2) is 4.39 Å². The lowest BCUT2D eigenvalue weighted by Gasteiger charge is -2.29. The Morgan fingerprint density at radius 1 is 1.14 bits per heavy atom. The van der Waals surface area contributed by atoms with Gasteiger partial charge in [-0.1, -0.05) is 66.5 Å². The first-order valence-electron chi connectivity index (χ1n) is 7.22. The molecule has 1 nitrogen and oxygen atoms in total. The first-order chi connectivity index (χ1) is 10.0. The van der Waals surface area contributed by atoms with Crippen LogP contribution in [0.25, 0.3) is 0 Å². The number of aliphatic hydroxyl groups excluding tert-OH is 1. The maximum Gasteiger partial charge on any atom is 0.129 e. The highest BCUT2D eigenvalue weighted by molar-refractivity contribution is 9.10. The fourth-order valence-corrected chi connectivity index (χ4v) is 3.06. The average molecular weight is 351 g/mol. The predicted molar refractivity (Wildman–Crippen MR) is 87.7 cm³/mol. The quantitative estimate of drug-likeness (QED) is 0.759. The van der Waals surface area contributed by atoms with Crippen molar-refractivity contribution in [2.24, 2.45) is 5.92 Å². The first-order valence-corrected chi connectivity index (χ1v) is 8.01. The van der Waals surface area contributed by atoms with Gasteiger partial charge in [0.1, 0.15) is 5.82 Å². The summed E-state index contributed by atoms with van der Waals surface area (Å²) in [6.45, 7) is 4.18. The van der Waals surface area contributed by atoms with Crippen LogP contribution >= 0.6 is 15.9 Å². The molecule has 0 fully saturated rings. The third-order valence-electron chi connectivity index (χ3n) is 4.06. The number of hydrogen-bond donors (Lipinski definition) is 1. The molecule has 2 rings (SSSR count). The molecule has 0 aliphatic heterocycles. The Kier molecular flexibility index (Phi) is 5.54. The van der Waals surface area contributed by atoms with E-state index in [9.17, 15) is 9.50 Å². The standard InChI is InChI=1S/C18H20BrFO/c1-3-12(2)17(13-7-5-4-6-8-13)18(21)15-11-14(19)9-10-16(15)20/h4-12,17-18,21H,3H2,1-2H3. The van der Waals surface area contributed by atoms with Gasteiger partial charge >= 0.3 is 0 Å². The zero-order valence-electron chi connectivity index (χ0n) is 12.3. The smallest absolute Gasteiger partial charge is 0.129 e. The summed E-state index contributed by atoms with van der Waals surface area (Å²) in [5.74, 6) is -0.240. The minimum absolute atomic E-state index is 0.125. The van der Waals surface area contributed by atoms with Crippen molar-refractivity contribution in [3.8, 4) is 0 Å². The van der Waals surface area contributed by atoms with Crippen molar-refractivity contribution >= 4 is 15.9 Å². The van der Waals surface area contributed by atoms with Crippen LogP contribution < -0.4 is 0 Å². The van der Waals surface area contributed by atoms with Gasteiger partial charge in [0.2, 0.25) is 0 Å². The molecule has 0 spiro atoms. The van der Waals surface area contributed by atoms with Crippen LogP contribution in [0.2, 0.25) is 0 Å². The number of halogens is 2. The largest absolute Gasteiger partial charge is 0.388 e. The van der Waals surface area contributed by atoms with Gasteiger partial charge < -0.3 is 5.11 Å². The van der Waals surface area contributed by atoms with Gasteiger partial charge in [-0.15, -0.1) is 0 Å². The predicted octanol–water partition coefficient (Wildman–Crippen LogP) is 5.45. The fraction of sp³-hybridized carbons (Fsp3) is 0.333. The normalized spacial score (nSPS) is 15.5. The summed E-state index contributed by atoms with van der Waals surface area (Å²) in [6, 6.07) is 14.5. The van der Waals surface area contributed by atoms with Crippen LogP contribution in [0.5, 0.6) is 0 Å². The maximum absolute atomic E-state index is 14.1. The lowest BCUT2D eigenvalue weighted by molar-refractivity contribution is 0.114. The van der Waals surface area contributed by atoms with Gasteiger partial charge in [-0.2, -0.15) is 0 Å². The summed E-state index contributed by atoms with van der Waals surface area (Å²) in [4.78, 5) is 0. The Balaban J connectivity index is 2.43. The third kappa shape index (κ3) is 3.72. The van der Waals surface area contributed by atoms with E-state index >= 15 is 0 Å². The molecule has 0 amide bonds. The molecule has 0 bridgehead atoms. The molecule has 1 N–H and O–H groups in total. The molecule has 0 saturated heterocycles. The van der Waals surface area contributed by atoms with Gasteiger partial charge in [-0.05, 0) is 29.7 Å². The molecule has 0 aliphatic carbocycles. The van der Waals surface area contributed by atoms with E-state index in [-0.39, 0.29) is 17.7 Å². The number of hydrogen-bond acceptors (Lipinski definition) is 1. The van der Waals surface area contributed by atoms with Gasteiger partial charge in [0.05, 0.1) is 6.10 Å². The fourth-order valence-electron chi connectivity index (χ4n) is 2.69. The molecule has 2 aromatic carbocycles. The average Bonchev–Trinajstić information content (AvgIpc) is 2.50. The summed E-state index contributed by atoms with van der Waals surface area (Å²) in [5.41, 5.74) is 1.39. The molecule has 21 heavy (non-hydrogen) atoms. The maximum atomic E-state index is 14.1. The summed E-state index contributed by atoms with van der Waals surface area (Å²) >= 11 is 3.35. The van der Waals surface area contributed by atoms with Gasteiger partial charge in [0.25, 0.3) is 0 Å². The van der Waals surface area contributed by atoms with E-state index in [1.165, 1.54) is 6.07 Å². The zero-order chi connectivity index (χ0) is 15.4. The number of benzene rings is 2. The van der Waals surface area contributed by atoms with Crippen molar-refractivity contribution in [1.82, 2.24) is 0 Å². The van der Waals surface area contributed by atoms with Crippen LogP contribution in [0.1, 0.15) is 43.4 Å². The Hall–Kier alpha value is -1.19.